The molecule has 0 saturated carbocycles. The summed E-state index contributed by atoms with van der Waals surface area (Å²) in [7, 11) is -1.97. The van der Waals surface area contributed by atoms with Gasteiger partial charge in [0.25, 0.3) is 5.24 Å². The van der Waals surface area contributed by atoms with Crippen LogP contribution in [0.2, 0.25) is 18.1 Å². The van der Waals surface area contributed by atoms with Crippen molar-refractivity contribution in [1.29, 1.82) is 0 Å². The fourth-order valence-electron chi connectivity index (χ4n) is 4.32. The van der Waals surface area contributed by atoms with Crippen molar-refractivity contribution in [2.75, 3.05) is 19.6 Å². The number of halogens is 1. The number of thiophene rings is 1. The first-order chi connectivity index (χ1) is 15.8. The van der Waals surface area contributed by atoms with Crippen molar-refractivity contribution in [3.8, 4) is 5.75 Å². The normalized spacial score (nSPS) is 21.3. The van der Waals surface area contributed by atoms with E-state index in [2.05, 4.69) is 88.4 Å². The number of rotatable bonds is 8. The molecule has 0 spiro atoms. The van der Waals surface area contributed by atoms with E-state index in [1.54, 1.807) is 11.3 Å². The van der Waals surface area contributed by atoms with Gasteiger partial charge in [-0.2, -0.15) is 0 Å². The van der Waals surface area contributed by atoms with Crippen LogP contribution in [0.25, 0.3) is 0 Å². The van der Waals surface area contributed by atoms with Crippen LogP contribution in [0.15, 0.2) is 48.4 Å². The highest BCUT2D eigenvalue weighted by molar-refractivity contribution is 7.10. The molecule has 0 N–H and O–H groups in total. The van der Waals surface area contributed by atoms with Crippen molar-refractivity contribution in [1.82, 2.24) is 9.80 Å². The topological polar surface area (TPSA) is 32.8 Å². The molecule has 1 aromatic heterocycles. The highest BCUT2D eigenvalue weighted by Crippen LogP contribution is 2.40. The van der Waals surface area contributed by atoms with Gasteiger partial charge >= 0.3 is 0 Å². The zero-order valence-corrected chi connectivity index (χ0v) is 24.2. The molecule has 2 heterocycles. The standard InChI is InChI=1S/C27H39ClN2O2SSi/c1-9-13-29-16-20(3)30(17-19(29)2)25(24-15-22(18-33-24)26(28)31)21-11-10-12-23(14-21)32-34(7,8)27(4,5)6/h9-12,14-15,18-20,25H,1,13,16-17H2,2-8H3/t19-,20+,25+/m1/s1. The van der Waals surface area contributed by atoms with Crippen LogP contribution in [0.5, 0.6) is 5.75 Å². The molecule has 1 aromatic carbocycles. The van der Waals surface area contributed by atoms with E-state index in [-0.39, 0.29) is 11.1 Å². The molecule has 1 fully saturated rings. The van der Waals surface area contributed by atoms with Gasteiger partial charge in [0.15, 0.2) is 0 Å². The lowest BCUT2D eigenvalue weighted by Gasteiger charge is -2.47. The van der Waals surface area contributed by atoms with Gasteiger partial charge in [0.05, 0.1) is 6.04 Å². The van der Waals surface area contributed by atoms with E-state index in [1.165, 1.54) is 5.56 Å². The molecule has 0 radical (unpaired) electrons. The largest absolute Gasteiger partial charge is 0.543 e. The van der Waals surface area contributed by atoms with Crippen molar-refractivity contribution in [2.45, 2.75) is 70.9 Å². The maximum atomic E-state index is 11.9. The van der Waals surface area contributed by atoms with Gasteiger partial charge in [0, 0.05) is 47.5 Å². The van der Waals surface area contributed by atoms with E-state index in [4.69, 9.17) is 16.0 Å². The Balaban J connectivity index is 2.01. The molecule has 7 heteroatoms. The van der Waals surface area contributed by atoms with Crippen LogP contribution in [-0.2, 0) is 0 Å². The predicted octanol–water partition coefficient (Wildman–Crippen LogP) is 7.18. The first-order valence-corrected chi connectivity index (χ1v) is 16.2. The van der Waals surface area contributed by atoms with Crippen LogP contribution >= 0.6 is 22.9 Å². The molecule has 3 rings (SSSR count). The van der Waals surface area contributed by atoms with E-state index < -0.39 is 13.6 Å². The Kier molecular flexibility index (Phi) is 8.52. The van der Waals surface area contributed by atoms with Crippen molar-refractivity contribution >= 4 is 36.5 Å². The van der Waals surface area contributed by atoms with Crippen molar-refractivity contribution in [3.05, 3.63) is 64.4 Å². The van der Waals surface area contributed by atoms with Gasteiger partial charge in [-0.1, -0.05) is 39.0 Å². The van der Waals surface area contributed by atoms with Gasteiger partial charge in [-0.05, 0) is 67.3 Å². The number of hydrogen-bond acceptors (Lipinski definition) is 5. The predicted molar refractivity (Wildman–Crippen MR) is 148 cm³/mol. The smallest absolute Gasteiger partial charge is 0.253 e. The van der Waals surface area contributed by atoms with E-state index in [0.29, 0.717) is 17.6 Å². The van der Waals surface area contributed by atoms with E-state index in [0.717, 1.165) is 30.3 Å². The Hall–Kier alpha value is -1.44. The minimum Gasteiger partial charge on any atom is -0.543 e. The second kappa shape index (κ2) is 10.7. The summed E-state index contributed by atoms with van der Waals surface area (Å²) < 4.78 is 6.65. The van der Waals surface area contributed by atoms with Crippen LogP contribution in [0, 0.1) is 0 Å². The molecule has 1 saturated heterocycles. The second-order valence-electron chi connectivity index (χ2n) is 11.0. The van der Waals surface area contributed by atoms with Crippen LogP contribution in [0.4, 0.5) is 0 Å². The number of carbonyl (C=O) groups is 1. The van der Waals surface area contributed by atoms with Gasteiger partial charge in [0.2, 0.25) is 8.32 Å². The summed E-state index contributed by atoms with van der Waals surface area (Å²) >= 11 is 7.43. The summed E-state index contributed by atoms with van der Waals surface area (Å²) in [5.41, 5.74) is 1.74. The van der Waals surface area contributed by atoms with Crippen molar-refractivity contribution < 1.29 is 9.22 Å². The zero-order valence-electron chi connectivity index (χ0n) is 21.6. The Morgan fingerprint density at radius 1 is 1.26 bits per heavy atom. The first-order valence-electron chi connectivity index (χ1n) is 12.0. The minimum absolute atomic E-state index is 0.0288. The Morgan fingerprint density at radius 2 is 1.97 bits per heavy atom. The summed E-state index contributed by atoms with van der Waals surface area (Å²) in [6.07, 6.45) is 1.98. The van der Waals surface area contributed by atoms with Crippen LogP contribution in [0.1, 0.15) is 61.5 Å². The first kappa shape index (κ1) is 27.1. The van der Waals surface area contributed by atoms with E-state index >= 15 is 0 Å². The highest BCUT2D eigenvalue weighted by Gasteiger charge is 2.39. The summed E-state index contributed by atoms with van der Waals surface area (Å²) in [6.45, 7) is 22.6. The lowest BCUT2D eigenvalue weighted by atomic mass is 9.97. The molecule has 0 bridgehead atoms. The van der Waals surface area contributed by atoms with E-state index in [1.807, 2.05) is 17.5 Å². The molecular formula is C27H39ClN2O2SSi. The molecule has 0 unspecified atom stereocenters. The fourth-order valence-corrected chi connectivity index (χ4v) is 6.55. The summed E-state index contributed by atoms with van der Waals surface area (Å²) in [5, 5.41) is 1.58. The molecule has 34 heavy (non-hydrogen) atoms. The minimum atomic E-state index is -1.97. The molecule has 2 aromatic rings. The average Bonchev–Trinajstić information content (AvgIpc) is 3.21. The Bertz CT molecular complexity index is 1020. The van der Waals surface area contributed by atoms with Gasteiger partial charge < -0.3 is 4.43 Å². The van der Waals surface area contributed by atoms with E-state index in [9.17, 15) is 4.79 Å². The quantitative estimate of drug-likeness (QED) is 0.210. The third-order valence-electron chi connectivity index (χ3n) is 7.33. The number of hydrogen-bond donors (Lipinski definition) is 0. The Labute approximate surface area is 215 Å². The van der Waals surface area contributed by atoms with Crippen LogP contribution < -0.4 is 4.43 Å². The van der Waals surface area contributed by atoms with Gasteiger partial charge in [-0.3, -0.25) is 14.6 Å². The second-order valence-corrected chi connectivity index (χ2v) is 17.0. The third kappa shape index (κ3) is 6.03. The third-order valence-corrected chi connectivity index (χ3v) is 12.9. The molecule has 0 amide bonds. The van der Waals surface area contributed by atoms with Gasteiger partial charge in [0.1, 0.15) is 5.75 Å². The molecule has 1 aliphatic rings. The monoisotopic (exact) mass is 518 g/mol. The van der Waals surface area contributed by atoms with Gasteiger partial charge in [-0.15, -0.1) is 17.9 Å². The number of nitrogens with zero attached hydrogens (tertiary/aromatic N) is 2. The number of benzene rings is 1. The molecule has 4 nitrogen and oxygen atoms in total. The highest BCUT2D eigenvalue weighted by atomic mass is 35.5. The lowest BCUT2D eigenvalue weighted by Crippen LogP contribution is -2.57. The molecule has 1 aliphatic heterocycles. The maximum Gasteiger partial charge on any atom is 0.253 e. The Morgan fingerprint density at radius 3 is 2.56 bits per heavy atom. The summed E-state index contributed by atoms with van der Waals surface area (Å²) in [4.78, 5) is 18.0. The van der Waals surface area contributed by atoms with Crippen LogP contribution in [0.3, 0.4) is 0 Å². The average molecular weight is 519 g/mol. The maximum absolute atomic E-state index is 11.9. The lowest BCUT2D eigenvalue weighted by molar-refractivity contribution is 0.0315. The van der Waals surface area contributed by atoms with Crippen LogP contribution in [-0.4, -0.2) is 55.1 Å². The fraction of sp³-hybridized carbons (Fsp3) is 0.519. The molecular weight excluding hydrogens is 480 g/mol. The summed E-state index contributed by atoms with van der Waals surface area (Å²) in [6, 6.07) is 11.3. The number of piperazine rings is 1. The van der Waals surface area contributed by atoms with Gasteiger partial charge in [-0.25, -0.2) is 0 Å². The molecule has 0 aliphatic carbocycles. The van der Waals surface area contributed by atoms with Crippen molar-refractivity contribution in [2.24, 2.45) is 0 Å². The van der Waals surface area contributed by atoms with Crippen molar-refractivity contribution in [3.63, 3.8) is 0 Å². The SMILES string of the molecule is C=CCN1C[C@H](C)N([C@@H](c2cccc(O[Si](C)(C)C(C)(C)C)c2)c2cc(C(=O)Cl)cs2)C[C@H]1C. The summed E-state index contributed by atoms with van der Waals surface area (Å²) in [5.74, 6) is 0.922. The molecule has 186 valence electrons. The number of carbonyl (C=O) groups excluding carboxylic acids is 1. The molecule has 3 atom stereocenters. The zero-order chi connectivity index (χ0) is 25.3.